The summed E-state index contributed by atoms with van der Waals surface area (Å²) >= 11 is 0. The lowest BCUT2D eigenvalue weighted by Gasteiger charge is -2.62. The Hall–Kier alpha value is -4.20. The van der Waals surface area contributed by atoms with E-state index in [9.17, 15) is 19.8 Å². The number of rotatable bonds is 12. The van der Waals surface area contributed by atoms with Gasteiger partial charge >= 0.3 is 5.97 Å². The molecule has 5 unspecified atom stereocenters. The maximum Gasteiger partial charge on any atom is 0.341 e. The molecule has 4 N–H and O–H groups in total. The van der Waals surface area contributed by atoms with E-state index < -0.39 is 29.6 Å². The zero-order valence-corrected chi connectivity index (χ0v) is 31.8. The standard InChI is InChI=1S/C42H54N6O6/c1-26-31(41(3)12-11-38(51)42(4,24-49)37(41)22-32(26)45-27(2)36(50)23-48-14-16-53-17-15-48)21-33(46-39-8-6-7-13-43-39)30-20-29(54-40(30)52)18-28-9-10-35-34(19-28)44-25-47(35)5/h6-10,13,18-20,25,27,31-33,37-38,45,49,51H,1,11-12,14-17,21-24H2,2-5H3,(H,43,46)/t27?,31?,32?,33?,37?,38-,41-,42+/m1/s1. The van der Waals surface area contributed by atoms with Gasteiger partial charge in [-0.15, -0.1) is 0 Å². The summed E-state index contributed by atoms with van der Waals surface area (Å²) < 4.78 is 13.3. The number of hydrogen-bond donors (Lipinski definition) is 4. The van der Waals surface area contributed by atoms with Gasteiger partial charge in [0.1, 0.15) is 11.6 Å². The number of aliphatic hydroxyl groups is 2. The highest BCUT2D eigenvalue weighted by atomic mass is 16.5. The van der Waals surface area contributed by atoms with Crippen molar-refractivity contribution in [2.24, 2.45) is 29.7 Å². The second kappa shape index (κ2) is 15.5. The lowest BCUT2D eigenvalue weighted by molar-refractivity contribution is -0.156. The first kappa shape index (κ1) is 38.1. The second-order valence-electron chi connectivity index (χ2n) is 16.2. The Morgan fingerprint density at radius 1 is 1.19 bits per heavy atom. The van der Waals surface area contributed by atoms with E-state index in [1.54, 1.807) is 12.5 Å². The number of hydrogen-bond acceptors (Lipinski definition) is 11. The maximum atomic E-state index is 13.8. The third-order valence-corrected chi connectivity index (χ3v) is 12.9. The van der Waals surface area contributed by atoms with Gasteiger partial charge in [-0.1, -0.05) is 38.1 Å². The third kappa shape index (κ3) is 7.42. The fourth-order valence-electron chi connectivity index (χ4n) is 9.52. The van der Waals surface area contributed by atoms with E-state index >= 15 is 0 Å². The molecule has 2 saturated carbocycles. The first-order valence-corrected chi connectivity index (χ1v) is 19.2. The topological polar surface area (TPSA) is 151 Å². The molecule has 288 valence electrons. The Morgan fingerprint density at radius 2 is 1.98 bits per heavy atom. The van der Waals surface area contributed by atoms with Crippen molar-refractivity contribution in [3.8, 4) is 0 Å². The fraction of sp³-hybridized carbons (Fsp3) is 0.524. The van der Waals surface area contributed by atoms with Crippen molar-refractivity contribution in [1.29, 1.82) is 0 Å². The van der Waals surface area contributed by atoms with Crippen LogP contribution in [0.1, 0.15) is 52.0 Å². The van der Waals surface area contributed by atoms with E-state index in [1.165, 1.54) is 0 Å². The molecule has 1 saturated heterocycles. The molecule has 0 bridgehead atoms. The number of aromatic nitrogens is 3. The number of ketones is 1. The van der Waals surface area contributed by atoms with Gasteiger partial charge in [0.2, 0.25) is 0 Å². The minimum atomic E-state index is -0.771. The van der Waals surface area contributed by atoms with Gasteiger partial charge in [-0.25, -0.2) is 14.8 Å². The number of nitrogens with zero attached hydrogens (tertiary/aromatic N) is 4. The fourth-order valence-corrected chi connectivity index (χ4v) is 9.52. The number of carbonyl (C=O) groups is 2. The summed E-state index contributed by atoms with van der Waals surface area (Å²) in [6.07, 6.45) is 8.80. The van der Waals surface area contributed by atoms with Crippen LogP contribution < -0.4 is 10.6 Å². The molecule has 0 amide bonds. The van der Waals surface area contributed by atoms with Gasteiger partial charge in [0.25, 0.3) is 0 Å². The minimum Gasteiger partial charge on any atom is -0.423 e. The number of nitrogens with one attached hydrogen (secondary N) is 2. The average Bonchev–Trinajstić information content (AvgIpc) is 3.73. The molecule has 7 rings (SSSR count). The Morgan fingerprint density at radius 3 is 2.72 bits per heavy atom. The zero-order chi connectivity index (χ0) is 38.2. The van der Waals surface area contributed by atoms with Crippen molar-refractivity contribution < 1.29 is 29.3 Å². The van der Waals surface area contributed by atoms with E-state index in [0.29, 0.717) is 56.2 Å². The maximum absolute atomic E-state index is 13.8. The molecule has 4 aliphatic rings. The predicted octanol–water partition coefficient (Wildman–Crippen LogP) is 4.26. The van der Waals surface area contributed by atoms with Crippen molar-refractivity contribution in [3.63, 3.8) is 0 Å². The van der Waals surface area contributed by atoms with Crippen LogP contribution in [0.2, 0.25) is 0 Å². The molecule has 0 spiro atoms. The third-order valence-electron chi connectivity index (χ3n) is 12.9. The highest BCUT2D eigenvalue weighted by Crippen LogP contribution is 2.62. The number of fused-ring (bicyclic) bond motifs is 2. The first-order valence-electron chi connectivity index (χ1n) is 19.2. The number of allylic oxidation sites excluding steroid dienone is 1. The van der Waals surface area contributed by atoms with Gasteiger partial charge in [-0.3, -0.25) is 9.69 Å². The number of imidazole rings is 1. The second-order valence-corrected chi connectivity index (χ2v) is 16.2. The number of carbonyl (C=O) groups excluding carboxylic acids is 2. The van der Waals surface area contributed by atoms with Crippen molar-refractivity contribution in [1.82, 2.24) is 24.8 Å². The SMILES string of the molecule is C=C1C(NC(C)C(=O)CN2CCOCC2)CC2[C@](C)(CC[C@@H](O)[C@@]2(C)CO)C1CC(Nc1ccccn1)C1=CC(=Cc2ccc3c(c2)ncn3C)OC1=O. The molecule has 3 aromatic rings. The van der Waals surface area contributed by atoms with E-state index in [1.807, 2.05) is 74.0 Å². The largest absolute Gasteiger partial charge is 0.423 e. The number of morpholine rings is 1. The van der Waals surface area contributed by atoms with Crippen LogP contribution in [0.3, 0.4) is 0 Å². The molecule has 2 aromatic heterocycles. The number of benzene rings is 1. The van der Waals surface area contributed by atoms with Crippen LogP contribution in [0.5, 0.6) is 0 Å². The summed E-state index contributed by atoms with van der Waals surface area (Å²) in [7, 11) is 1.95. The van der Waals surface area contributed by atoms with Crippen molar-refractivity contribution >= 4 is 34.7 Å². The number of aryl methyl sites for hydroxylation is 1. The molecule has 4 heterocycles. The van der Waals surface area contributed by atoms with Crippen LogP contribution >= 0.6 is 0 Å². The highest BCUT2D eigenvalue weighted by Gasteiger charge is 2.60. The Kier molecular flexibility index (Phi) is 10.9. The van der Waals surface area contributed by atoms with Gasteiger partial charge < -0.3 is 34.9 Å². The van der Waals surface area contributed by atoms with E-state index in [0.717, 1.165) is 41.7 Å². The monoisotopic (exact) mass is 738 g/mol. The molecule has 12 heteroatoms. The summed E-state index contributed by atoms with van der Waals surface area (Å²) in [6.45, 7) is 13.7. The van der Waals surface area contributed by atoms with Crippen LogP contribution in [0.4, 0.5) is 5.82 Å². The molecule has 0 radical (unpaired) electrons. The highest BCUT2D eigenvalue weighted by molar-refractivity contribution is 5.96. The quantitative estimate of drug-likeness (QED) is 0.156. The van der Waals surface area contributed by atoms with Crippen LogP contribution in [-0.4, -0.2) is 105 Å². The first-order chi connectivity index (χ1) is 25.9. The molecular formula is C42H54N6O6. The van der Waals surface area contributed by atoms with Crippen LogP contribution in [0, 0.1) is 22.7 Å². The van der Waals surface area contributed by atoms with Crippen molar-refractivity contribution in [3.05, 3.63) is 84.0 Å². The smallest absolute Gasteiger partial charge is 0.341 e. The summed E-state index contributed by atoms with van der Waals surface area (Å²) in [5.74, 6) is 0.443. The average molecular weight is 739 g/mol. The molecule has 12 nitrogen and oxygen atoms in total. The normalized spacial score (nSPS) is 30.9. The van der Waals surface area contributed by atoms with Gasteiger partial charge in [-0.2, -0.15) is 0 Å². The summed E-state index contributed by atoms with van der Waals surface area (Å²) in [5.41, 5.74) is 3.00. The lowest BCUT2D eigenvalue weighted by Crippen LogP contribution is -2.62. The molecule has 2 aliphatic carbocycles. The van der Waals surface area contributed by atoms with Crippen LogP contribution in [0.25, 0.3) is 17.1 Å². The molecule has 1 aromatic carbocycles. The Labute approximate surface area is 317 Å². The molecule has 3 fully saturated rings. The minimum absolute atomic E-state index is 0.0956. The Bertz CT molecular complexity index is 1940. The Balaban J connectivity index is 1.21. The van der Waals surface area contributed by atoms with Crippen molar-refractivity contribution in [2.45, 2.75) is 70.7 Å². The van der Waals surface area contributed by atoms with E-state index in [2.05, 4.69) is 32.4 Å². The molecule has 54 heavy (non-hydrogen) atoms. The van der Waals surface area contributed by atoms with Gasteiger partial charge in [0, 0.05) is 37.8 Å². The van der Waals surface area contributed by atoms with Gasteiger partial charge in [-0.05, 0) is 91.8 Å². The van der Waals surface area contributed by atoms with Crippen molar-refractivity contribution in [2.75, 3.05) is 44.8 Å². The van der Waals surface area contributed by atoms with Crippen LogP contribution in [-0.2, 0) is 26.1 Å². The summed E-state index contributed by atoms with van der Waals surface area (Å²) in [4.78, 5) is 38.5. The van der Waals surface area contributed by atoms with Gasteiger partial charge in [0.15, 0.2) is 5.78 Å². The van der Waals surface area contributed by atoms with Crippen LogP contribution in [0.15, 0.2) is 78.5 Å². The predicted molar refractivity (Wildman–Crippen MR) is 207 cm³/mol. The molecular weight excluding hydrogens is 684 g/mol. The number of esters is 1. The lowest BCUT2D eigenvalue weighted by atomic mass is 9.45. The number of anilines is 1. The number of Topliss-reactive ketones (excluding diaryl/α,β-unsaturated/α-hetero) is 1. The number of aliphatic hydroxyl groups excluding tert-OH is 2. The zero-order valence-electron chi connectivity index (χ0n) is 31.8. The molecule has 2 aliphatic heterocycles. The number of pyridine rings is 1. The summed E-state index contributed by atoms with van der Waals surface area (Å²) in [5, 5.41) is 29.5. The van der Waals surface area contributed by atoms with E-state index in [-0.39, 0.29) is 35.7 Å². The van der Waals surface area contributed by atoms with E-state index in [4.69, 9.17) is 16.1 Å². The summed E-state index contributed by atoms with van der Waals surface area (Å²) in [6, 6.07) is 10.3. The number of cyclic esters (lactones) is 1. The van der Waals surface area contributed by atoms with Gasteiger partial charge in [0.05, 0.1) is 67.5 Å². The number of ether oxygens (including phenoxy) is 2. The molecule has 8 atom stereocenters.